The zero-order valence-electron chi connectivity index (χ0n) is 21.7. The van der Waals surface area contributed by atoms with E-state index < -0.39 is 12.2 Å². The molecule has 0 bridgehead atoms. The lowest BCUT2D eigenvalue weighted by molar-refractivity contribution is -0.134. The third-order valence-electron chi connectivity index (χ3n) is 5.85. The Labute approximate surface area is 230 Å². The van der Waals surface area contributed by atoms with Gasteiger partial charge in [-0.25, -0.2) is 0 Å². The van der Waals surface area contributed by atoms with Crippen molar-refractivity contribution in [3.63, 3.8) is 0 Å². The van der Waals surface area contributed by atoms with Gasteiger partial charge in [-0.15, -0.1) is 10.2 Å². The highest BCUT2D eigenvalue weighted by Crippen LogP contribution is 2.47. The molecule has 9 nitrogen and oxygen atoms in total. The summed E-state index contributed by atoms with van der Waals surface area (Å²) in [5, 5.41) is 9.54. The molecule has 2 aromatic carbocycles. The molecule has 0 spiro atoms. The molecule has 0 fully saturated rings. The van der Waals surface area contributed by atoms with Crippen LogP contribution in [0.4, 0.5) is 5.69 Å². The van der Waals surface area contributed by atoms with Crippen LogP contribution >= 0.6 is 23.4 Å². The van der Waals surface area contributed by atoms with Crippen LogP contribution in [0.1, 0.15) is 58.2 Å². The lowest BCUT2D eigenvalue weighted by Crippen LogP contribution is -2.37. The number of benzene rings is 2. The first-order valence-electron chi connectivity index (χ1n) is 12.4. The molecule has 1 aliphatic rings. The van der Waals surface area contributed by atoms with E-state index >= 15 is 0 Å². The van der Waals surface area contributed by atoms with E-state index in [2.05, 4.69) is 22.1 Å². The number of nitrogens with zero attached hydrogens (tertiary/aromatic N) is 4. The first kappa shape index (κ1) is 27.7. The second kappa shape index (κ2) is 12.4. The van der Waals surface area contributed by atoms with Crippen molar-refractivity contribution in [1.29, 1.82) is 0 Å². The lowest BCUT2D eigenvalue weighted by atomic mass is 10.1. The van der Waals surface area contributed by atoms with Crippen molar-refractivity contribution < 1.29 is 23.8 Å². The molecule has 0 N–H and O–H groups in total. The Morgan fingerprint density at radius 2 is 1.92 bits per heavy atom. The Balaban J connectivity index is 1.96. The summed E-state index contributed by atoms with van der Waals surface area (Å²) in [5.41, 5.74) is 1.92. The molecule has 0 radical (unpaired) electrons. The summed E-state index contributed by atoms with van der Waals surface area (Å²) in [6.45, 7) is 5.56. The second-order valence-corrected chi connectivity index (χ2v) is 9.91. The van der Waals surface area contributed by atoms with Crippen LogP contribution in [-0.2, 0) is 9.59 Å². The summed E-state index contributed by atoms with van der Waals surface area (Å²) in [7, 11) is 1.45. The third kappa shape index (κ3) is 5.71. The van der Waals surface area contributed by atoms with Gasteiger partial charge in [-0.05, 0) is 18.6 Å². The number of amides is 1. The topological polar surface area (TPSA) is 104 Å². The number of halogens is 1. The Morgan fingerprint density at radius 3 is 2.63 bits per heavy atom. The molecule has 2 heterocycles. The summed E-state index contributed by atoms with van der Waals surface area (Å²) >= 11 is 7.95. The maximum absolute atomic E-state index is 13.5. The third-order valence-corrected chi connectivity index (χ3v) is 6.99. The number of ether oxygens (including phenoxy) is 3. The fraction of sp³-hybridized carbons (Fsp3) is 0.370. The minimum Gasteiger partial charge on any atom is -0.493 e. The molecular weight excluding hydrogens is 528 g/mol. The molecule has 1 atom stereocenters. The van der Waals surface area contributed by atoms with Gasteiger partial charge in [-0.2, -0.15) is 4.98 Å². The van der Waals surface area contributed by atoms with Crippen molar-refractivity contribution in [2.45, 2.75) is 57.8 Å². The Kier molecular flexibility index (Phi) is 9.06. The molecule has 3 aromatic rings. The van der Waals surface area contributed by atoms with Gasteiger partial charge in [0.2, 0.25) is 23.2 Å². The SMILES string of the molecule is CCCCSc1nnc2c(n1)O[C@@H](c1cc(Cl)cc(OC)c1OC(=O)CC)N(C(=O)CC)c1ccccc1-2. The minimum absolute atomic E-state index is 0.114. The number of hydrogen-bond donors (Lipinski definition) is 0. The maximum atomic E-state index is 13.5. The normalized spacial score (nSPS) is 14.1. The highest BCUT2D eigenvalue weighted by molar-refractivity contribution is 7.99. The number of methoxy groups -OCH3 is 1. The van der Waals surface area contributed by atoms with Crippen LogP contribution in [0.5, 0.6) is 17.4 Å². The summed E-state index contributed by atoms with van der Waals surface area (Å²) < 4.78 is 17.7. The van der Waals surface area contributed by atoms with Crippen molar-refractivity contribution in [3.8, 4) is 28.6 Å². The highest BCUT2D eigenvalue weighted by Gasteiger charge is 2.38. The fourth-order valence-corrected chi connectivity index (χ4v) is 5.02. The van der Waals surface area contributed by atoms with Gasteiger partial charge in [-0.3, -0.25) is 14.5 Å². The molecule has 1 amide bonds. The lowest BCUT2D eigenvalue weighted by Gasteiger charge is -2.31. The molecule has 200 valence electrons. The number of carbonyl (C=O) groups excluding carboxylic acids is 2. The molecule has 0 saturated carbocycles. The van der Waals surface area contributed by atoms with E-state index in [0.717, 1.165) is 18.6 Å². The van der Waals surface area contributed by atoms with Crippen molar-refractivity contribution in [3.05, 3.63) is 47.0 Å². The number of rotatable bonds is 9. The number of fused-ring (bicyclic) bond motifs is 3. The molecule has 0 aliphatic carbocycles. The molecule has 11 heteroatoms. The maximum Gasteiger partial charge on any atom is 0.311 e. The van der Waals surface area contributed by atoms with E-state index in [0.29, 0.717) is 32.7 Å². The van der Waals surface area contributed by atoms with E-state index in [1.165, 1.54) is 23.8 Å². The largest absolute Gasteiger partial charge is 0.493 e. The van der Waals surface area contributed by atoms with E-state index in [-0.39, 0.29) is 36.1 Å². The number of unbranched alkanes of at least 4 members (excludes halogenated alkanes) is 1. The highest BCUT2D eigenvalue weighted by atomic mass is 35.5. The van der Waals surface area contributed by atoms with Crippen molar-refractivity contribution in [1.82, 2.24) is 15.2 Å². The Bertz CT molecular complexity index is 1340. The molecule has 0 saturated heterocycles. The number of para-hydroxylation sites is 1. The smallest absolute Gasteiger partial charge is 0.311 e. The quantitative estimate of drug-likeness (QED) is 0.131. The number of aromatic nitrogens is 3. The molecular formula is C27H29ClN4O5S. The summed E-state index contributed by atoms with van der Waals surface area (Å²) in [5.74, 6) is 0.676. The van der Waals surface area contributed by atoms with Crippen LogP contribution in [0.3, 0.4) is 0 Å². The zero-order valence-corrected chi connectivity index (χ0v) is 23.3. The van der Waals surface area contributed by atoms with E-state index in [1.54, 1.807) is 32.0 Å². The van der Waals surface area contributed by atoms with Crippen LogP contribution in [0.15, 0.2) is 41.6 Å². The second-order valence-electron chi connectivity index (χ2n) is 8.41. The van der Waals surface area contributed by atoms with Gasteiger partial charge < -0.3 is 14.2 Å². The minimum atomic E-state index is -1.10. The van der Waals surface area contributed by atoms with Crippen LogP contribution < -0.4 is 19.1 Å². The monoisotopic (exact) mass is 556 g/mol. The van der Waals surface area contributed by atoms with E-state index in [9.17, 15) is 9.59 Å². The van der Waals surface area contributed by atoms with Crippen LogP contribution in [0, 0.1) is 0 Å². The molecule has 38 heavy (non-hydrogen) atoms. The van der Waals surface area contributed by atoms with Gasteiger partial charge in [0.25, 0.3) is 0 Å². The molecule has 0 unspecified atom stereocenters. The molecule has 1 aromatic heterocycles. The van der Waals surface area contributed by atoms with Gasteiger partial charge >= 0.3 is 5.97 Å². The van der Waals surface area contributed by atoms with Crippen LogP contribution in [0.2, 0.25) is 5.02 Å². The standard InChI is InChI=1S/C27H29ClN4O5S/c1-5-8-13-38-27-29-25-23(30-31-27)17-11-9-10-12-19(17)32(21(33)6-2)26(37-25)18-14-16(28)15-20(35-4)24(18)36-22(34)7-3/h9-12,14-15,26H,5-8,13H2,1-4H3/t26-/m0/s1. The fourth-order valence-electron chi connectivity index (χ4n) is 3.94. The Hall–Kier alpha value is -3.37. The summed E-state index contributed by atoms with van der Waals surface area (Å²) in [6, 6.07) is 10.5. The van der Waals surface area contributed by atoms with Gasteiger partial charge in [0.05, 0.1) is 18.4 Å². The van der Waals surface area contributed by atoms with Crippen LogP contribution in [0.25, 0.3) is 11.3 Å². The predicted octanol–water partition coefficient (Wildman–Crippen LogP) is 6.24. The van der Waals surface area contributed by atoms with Gasteiger partial charge in [0.15, 0.2) is 17.2 Å². The predicted molar refractivity (Wildman–Crippen MR) is 146 cm³/mol. The Morgan fingerprint density at radius 1 is 1.13 bits per heavy atom. The number of thioether (sulfide) groups is 1. The number of anilines is 1. The first-order chi connectivity index (χ1) is 18.4. The average molecular weight is 557 g/mol. The first-order valence-corrected chi connectivity index (χ1v) is 13.8. The molecule has 1 aliphatic heterocycles. The van der Waals surface area contributed by atoms with Crippen molar-refractivity contribution >= 4 is 40.9 Å². The number of hydrogen-bond acceptors (Lipinski definition) is 9. The van der Waals surface area contributed by atoms with Gasteiger partial charge in [-0.1, -0.05) is 68.8 Å². The average Bonchev–Trinajstić information content (AvgIpc) is 3.07. The number of esters is 1. The van der Waals surface area contributed by atoms with Gasteiger partial charge in [0, 0.05) is 35.2 Å². The zero-order chi connectivity index (χ0) is 27.2. The summed E-state index contributed by atoms with van der Waals surface area (Å²) in [4.78, 5) is 32.1. The van der Waals surface area contributed by atoms with Crippen LogP contribution in [-0.4, -0.2) is 39.9 Å². The number of carbonyl (C=O) groups is 2. The van der Waals surface area contributed by atoms with E-state index in [1.807, 2.05) is 18.2 Å². The summed E-state index contributed by atoms with van der Waals surface area (Å²) in [6.07, 6.45) is 1.27. The van der Waals surface area contributed by atoms with E-state index in [4.69, 9.17) is 25.8 Å². The molecule has 4 rings (SSSR count). The van der Waals surface area contributed by atoms with Crippen molar-refractivity contribution in [2.24, 2.45) is 0 Å². The van der Waals surface area contributed by atoms with Crippen molar-refractivity contribution in [2.75, 3.05) is 17.8 Å². The van der Waals surface area contributed by atoms with Gasteiger partial charge in [0.1, 0.15) is 0 Å².